The molecule has 0 aromatic carbocycles. The van der Waals surface area contributed by atoms with Crippen molar-refractivity contribution in [3.05, 3.63) is 0 Å². The summed E-state index contributed by atoms with van der Waals surface area (Å²) in [5, 5.41) is 0. The van der Waals surface area contributed by atoms with Crippen LogP contribution in [0.4, 0.5) is 0 Å². The lowest BCUT2D eigenvalue weighted by Gasteiger charge is -2.34. The van der Waals surface area contributed by atoms with E-state index in [0.717, 1.165) is 53.3 Å². The molecule has 0 bridgehead atoms. The van der Waals surface area contributed by atoms with Gasteiger partial charge in [0.1, 0.15) is 0 Å². The zero-order valence-corrected chi connectivity index (χ0v) is 22.0. The van der Waals surface area contributed by atoms with Crippen LogP contribution in [0.3, 0.4) is 0 Å². The van der Waals surface area contributed by atoms with E-state index in [1.54, 1.807) is 57.8 Å². The Labute approximate surface area is 196 Å². The first-order valence-corrected chi connectivity index (χ1v) is 14.8. The summed E-state index contributed by atoms with van der Waals surface area (Å²) in [6.07, 6.45) is 24.7. The van der Waals surface area contributed by atoms with E-state index < -0.39 is 0 Å². The van der Waals surface area contributed by atoms with E-state index in [1.165, 1.54) is 44.9 Å². The van der Waals surface area contributed by atoms with Gasteiger partial charge in [-0.05, 0) is 97.2 Å². The molecular formula is C31H56. The van der Waals surface area contributed by atoms with Gasteiger partial charge < -0.3 is 0 Å². The van der Waals surface area contributed by atoms with Gasteiger partial charge in [-0.3, -0.25) is 0 Å². The summed E-state index contributed by atoms with van der Waals surface area (Å²) in [5.74, 6) is 9.32. The second-order valence-corrected chi connectivity index (χ2v) is 14.3. The zero-order valence-electron chi connectivity index (χ0n) is 22.0. The van der Waals surface area contributed by atoms with E-state index in [-0.39, 0.29) is 0 Å². The molecule has 6 unspecified atom stereocenters. The minimum atomic E-state index is 0.510. The molecule has 4 fully saturated rings. The third-order valence-corrected chi connectivity index (χ3v) is 11.3. The fraction of sp³-hybridized carbons (Fsp3) is 1.00. The van der Waals surface area contributed by atoms with E-state index in [4.69, 9.17) is 0 Å². The van der Waals surface area contributed by atoms with Crippen molar-refractivity contribution in [2.24, 2.45) is 58.7 Å². The van der Waals surface area contributed by atoms with Crippen molar-refractivity contribution in [3.8, 4) is 0 Å². The Morgan fingerprint density at radius 3 is 2.00 bits per heavy atom. The lowest BCUT2D eigenvalue weighted by molar-refractivity contribution is 0.155. The first-order valence-electron chi connectivity index (χ1n) is 14.8. The monoisotopic (exact) mass is 428 g/mol. The van der Waals surface area contributed by atoms with Gasteiger partial charge in [-0.1, -0.05) is 98.8 Å². The zero-order chi connectivity index (χ0) is 22.0. The van der Waals surface area contributed by atoms with Gasteiger partial charge in [-0.25, -0.2) is 0 Å². The van der Waals surface area contributed by atoms with Crippen molar-refractivity contribution in [3.63, 3.8) is 0 Å². The average Bonchev–Trinajstić information content (AvgIpc) is 3.32. The fourth-order valence-electron chi connectivity index (χ4n) is 8.87. The van der Waals surface area contributed by atoms with Gasteiger partial charge in [-0.2, -0.15) is 0 Å². The first-order chi connectivity index (χ1) is 14.8. The van der Waals surface area contributed by atoms with Gasteiger partial charge in [0.25, 0.3) is 0 Å². The van der Waals surface area contributed by atoms with Crippen LogP contribution in [0, 0.1) is 58.7 Å². The van der Waals surface area contributed by atoms with Gasteiger partial charge in [0.05, 0.1) is 0 Å². The third-order valence-electron chi connectivity index (χ3n) is 11.3. The van der Waals surface area contributed by atoms with Crippen LogP contribution < -0.4 is 0 Å². The molecule has 0 N–H and O–H groups in total. The Bertz CT molecular complexity index is 527. The van der Waals surface area contributed by atoms with Crippen molar-refractivity contribution in [2.75, 3.05) is 0 Å². The first kappa shape index (κ1) is 24.1. The molecule has 4 rings (SSSR count). The number of rotatable bonds is 6. The van der Waals surface area contributed by atoms with Crippen molar-refractivity contribution in [1.82, 2.24) is 0 Å². The van der Waals surface area contributed by atoms with Crippen LogP contribution in [0.5, 0.6) is 0 Å². The lowest BCUT2D eigenvalue weighted by Crippen LogP contribution is -2.26. The van der Waals surface area contributed by atoms with Crippen molar-refractivity contribution in [1.29, 1.82) is 0 Å². The average molecular weight is 429 g/mol. The predicted molar refractivity (Wildman–Crippen MR) is 136 cm³/mol. The smallest absolute Gasteiger partial charge is 0.0352 e. The highest BCUT2D eigenvalue weighted by Crippen LogP contribution is 2.56. The van der Waals surface area contributed by atoms with Crippen molar-refractivity contribution < 1.29 is 0 Å². The van der Waals surface area contributed by atoms with Gasteiger partial charge in [0.15, 0.2) is 0 Å². The normalized spacial score (nSPS) is 42.9. The van der Waals surface area contributed by atoms with E-state index in [2.05, 4.69) is 34.6 Å². The summed E-state index contributed by atoms with van der Waals surface area (Å²) in [6, 6.07) is 0. The maximum atomic E-state index is 2.69. The maximum Gasteiger partial charge on any atom is -0.0352 e. The van der Waals surface area contributed by atoms with E-state index in [0.29, 0.717) is 5.41 Å². The molecule has 0 aliphatic heterocycles. The number of hydrogen-bond donors (Lipinski definition) is 0. The summed E-state index contributed by atoms with van der Waals surface area (Å²) in [5.41, 5.74) is 0.510. The molecule has 180 valence electrons. The van der Waals surface area contributed by atoms with E-state index in [1.807, 2.05) is 0 Å². The van der Waals surface area contributed by atoms with Gasteiger partial charge in [-0.15, -0.1) is 0 Å². The Morgan fingerprint density at radius 2 is 1.32 bits per heavy atom. The molecule has 4 aliphatic rings. The highest BCUT2D eigenvalue weighted by Gasteiger charge is 2.47. The second kappa shape index (κ2) is 10.5. The molecule has 6 atom stereocenters. The molecule has 0 nitrogen and oxygen atoms in total. The van der Waals surface area contributed by atoms with Crippen molar-refractivity contribution in [2.45, 2.75) is 137 Å². The molecule has 0 heterocycles. The van der Waals surface area contributed by atoms with Gasteiger partial charge in [0, 0.05) is 0 Å². The lowest BCUT2D eigenvalue weighted by atomic mass is 9.71. The van der Waals surface area contributed by atoms with Crippen LogP contribution in [0.25, 0.3) is 0 Å². The molecule has 31 heavy (non-hydrogen) atoms. The minimum Gasteiger partial charge on any atom is -0.0625 e. The van der Waals surface area contributed by atoms with Crippen LogP contribution in [0.2, 0.25) is 0 Å². The summed E-state index contributed by atoms with van der Waals surface area (Å²) < 4.78 is 0. The Balaban J connectivity index is 1.36. The molecule has 0 spiro atoms. The summed E-state index contributed by atoms with van der Waals surface area (Å²) >= 11 is 0. The quantitative estimate of drug-likeness (QED) is 0.395. The summed E-state index contributed by atoms with van der Waals surface area (Å²) in [7, 11) is 0. The molecule has 0 aromatic rings. The molecule has 0 saturated heterocycles. The summed E-state index contributed by atoms with van der Waals surface area (Å²) in [6.45, 7) is 12.8. The van der Waals surface area contributed by atoms with E-state index in [9.17, 15) is 0 Å². The molecule has 4 aliphatic carbocycles. The summed E-state index contributed by atoms with van der Waals surface area (Å²) in [4.78, 5) is 0. The van der Waals surface area contributed by atoms with Crippen LogP contribution >= 0.6 is 0 Å². The third kappa shape index (κ3) is 6.12. The predicted octanol–water partition coefficient (Wildman–Crippen LogP) is 9.91. The standard InChI is InChI=1S/C31H56/c1-22-11-13-25(14-12-22)19-27-20-28(31(3,4)5)21-30(27)29-18-17-26(23(29)2)16-15-24-9-7-6-8-10-24/h22-30H,6-21H2,1-5H3. The maximum absolute atomic E-state index is 2.69. The molecule has 0 aromatic heterocycles. The topological polar surface area (TPSA) is 0 Å². The Kier molecular flexibility index (Phi) is 8.18. The van der Waals surface area contributed by atoms with Gasteiger partial charge >= 0.3 is 0 Å². The molecule has 0 heteroatoms. The number of hydrogen-bond acceptors (Lipinski definition) is 0. The largest absolute Gasteiger partial charge is 0.0625 e. The molecule has 0 radical (unpaired) electrons. The Hall–Kier alpha value is 0. The minimum absolute atomic E-state index is 0.510. The van der Waals surface area contributed by atoms with E-state index >= 15 is 0 Å². The van der Waals surface area contributed by atoms with Gasteiger partial charge in [0.2, 0.25) is 0 Å². The fourth-order valence-corrected chi connectivity index (χ4v) is 8.87. The SMILES string of the molecule is CC1CCC(CC2CC(C(C)(C)C)CC2C2CCC(CCC3CCCCC3)C2C)CC1. The molecule has 4 saturated carbocycles. The highest BCUT2D eigenvalue weighted by atomic mass is 14.5. The van der Waals surface area contributed by atoms with Crippen LogP contribution in [0.1, 0.15) is 137 Å². The highest BCUT2D eigenvalue weighted by molar-refractivity contribution is 4.97. The second-order valence-electron chi connectivity index (χ2n) is 14.3. The van der Waals surface area contributed by atoms with Crippen LogP contribution in [0.15, 0.2) is 0 Å². The van der Waals surface area contributed by atoms with Crippen LogP contribution in [-0.2, 0) is 0 Å². The molecule has 0 amide bonds. The van der Waals surface area contributed by atoms with Crippen LogP contribution in [-0.4, -0.2) is 0 Å². The Morgan fingerprint density at radius 1 is 0.613 bits per heavy atom. The van der Waals surface area contributed by atoms with Crippen molar-refractivity contribution >= 4 is 0 Å². The molecular weight excluding hydrogens is 372 g/mol.